The third kappa shape index (κ3) is 4.44. The fourth-order valence-corrected chi connectivity index (χ4v) is 1.64. The topological polar surface area (TPSA) is 67.8 Å². The molecule has 0 aromatic heterocycles. The smallest absolute Gasteiger partial charge is 0.255 e. The van der Waals surface area contributed by atoms with E-state index in [-0.39, 0.29) is 12.0 Å². The number of aliphatic hydroxyl groups is 1. The van der Waals surface area contributed by atoms with Gasteiger partial charge in [0.25, 0.3) is 5.91 Å². The Hall–Kier alpha value is -1.75. The number of hydrogen-bond acceptors (Lipinski definition) is 4. The van der Waals surface area contributed by atoms with Crippen molar-refractivity contribution in [2.24, 2.45) is 0 Å². The fraction of sp³-hybridized carbons (Fsp3) is 0.500. The average molecular weight is 267 g/mol. The molecule has 0 aliphatic heterocycles. The van der Waals surface area contributed by atoms with E-state index < -0.39 is 0 Å². The van der Waals surface area contributed by atoms with Crippen LogP contribution in [0.15, 0.2) is 18.2 Å². The van der Waals surface area contributed by atoms with E-state index >= 15 is 0 Å². The minimum atomic E-state index is -0.382. The fourth-order valence-electron chi connectivity index (χ4n) is 1.64. The SMILES string of the molecule is CCC(O)CCNC(=O)c1cc(OC)ccc1OC. The van der Waals surface area contributed by atoms with Gasteiger partial charge in [0.2, 0.25) is 0 Å². The quantitative estimate of drug-likeness (QED) is 0.787. The van der Waals surface area contributed by atoms with Crippen molar-refractivity contribution < 1.29 is 19.4 Å². The maximum atomic E-state index is 12.0. The van der Waals surface area contributed by atoms with Crippen LogP contribution < -0.4 is 14.8 Å². The zero-order valence-corrected chi connectivity index (χ0v) is 11.6. The molecule has 0 aliphatic carbocycles. The molecule has 1 aromatic carbocycles. The summed E-state index contributed by atoms with van der Waals surface area (Å²) < 4.78 is 10.2. The van der Waals surface area contributed by atoms with Crippen LogP contribution in [0.5, 0.6) is 11.5 Å². The molecule has 0 radical (unpaired) electrons. The second kappa shape index (κ2) is 7.63. The maximum Gasteiger partial charge on any atom is 0.255 e. The molecule has 19 heavy (non-hydrogen) atoms. The lowest BCUT2D eigenvalue weighted by Gasteiger charge is -2.12. The molecular weight excluding hydrogens is 246 g/mol. The number of methoxy groups -OCH3 is 2. The van der Waals surface area contributed by atoms with Gasteiger partial charge in [0.1, 0.15) is 11.5 Å². The minimum Gasteiger partial charge on any atom is -0.497 e. The van der Waals surface area contributed by atoms with Gasteiger partial charge in [-0.2, -0.15) is 0 Å². The van der Waals surface area contributed by atoms with Crippen LogP contribution in [0.25, 0.3) is 0 Å². The van der Waals surface area contributed by atoms with E-state index in [2.05, 4.69) is 5.32 Å². The monoisotopic (exact) mass is 267 g/mol. The highest BCUT2D eigenvalue weighted by atomic mass is 16.5. The Morgan fingerprint density at radius 2 is 2.11 bits per heavy atom. The molecule has 0 spiro atoms. The van der Waals surface area contributed by atoms with Gasteiger partial charge in [-0.1, -0.05) is 6.92 Å². The third-order valence-corrected chi connectivity index (χ3v) is 2.89. The number of nitrogens with one attached hydrogen (secondary N) is 1. The van der Waals surface area contributed by atoms with E-state index in [4.69, 9.17) is 9.47 Å². The van der Waals surface area contributed by atoms with Crippen LogP contribution in [0.2, 0.25) is 0 Å². The van der Waals surface area contributed by atoms with Gasteiger partial charge in [-0.05, 0) is 31.0 Å². The number of hydrogen-bond donors (Lipinski definition) is 2. The van der Waals surface area contributed by atoms with E-state index in [0.717, 1.165) is 0 Å². The van der Waals surface area contributed by atoms with Crippen LogP contribution in [-0.2, 0) is 0 Å². The van der Waals surface area contributed by atoms with Crippen molar-refractivity contribution in [3.63, 3.8) is 0 Å². The van der Waals surface area contributed by atoms with Crippen molar-refractivity contribution in [3.8, 4) is 11.5 Å². The van der Waals surface area contributed by atoms with Crippen LogP contribution >= 0.6 is 0 Å². The van der Waals surface area contributed by atoms with Gasteiger partial charge < -0.3 is 19.9 Å². The molecule has 0 saturated heterocycles. The molecule has 1 amide bonds. The van der Waals surface area contributed by atoms with Gasteiger partial charge in [-0.25, -0.2) is 0 Å². The van der Waals surface area contributed by atoms with Gasteiger partial charge in [0.05, 0.1) is 25.9 Å². The summed E-state index contributed by atoms with van der Waals surface area (Å²) in [4.78, 5) is 12.0. The first kappa shape index (κ1) is 15.3. The molecule has 5 heteroatoms. The normalized spacial score (nSPS) is 11.8. The maximum absolute atomic E-state index is 12.0. The third-order valence-electron chi connectivity index (χ3n) is 2.89. The van der Waals surface area contributed by atoms with E-state index in [1.54, 1.807) is 25.3 Å². The van der Waals surface area contributed by atoms with Crippen LogP contribution in [0.1, 0.15) is 30.1 Å². The van der Waals surface area contributed by atoms with E-state index in [1.807, 2.05) is 6.92 Å². The Kier molecular flexibility index (Phi) is 6.15. The average Bonchev–Trinajstić information content (AvgIpc) is 2.45. The Bertz CT molecular complexity index is 420. The van der Waals surface area contributed by atoms with Gasteiger partial charge in [-0.3, -0.25) is 4.79 Å². The van der Waals surface area contributed by atoms with Crippen LogP contribution in [0.3, 0.4) is 0 Å². The van der Waals surface area contributed by atoms with Crippen molar-refractivity contribution >= 4 is 5.91 Å². The lowest BCUT2D eigenvalue weighted by atomic mass is 10.1. The molecular formula is C14H21NO4. The lowest BCUT2D eigenvalue weighted by molar-refractivity contribution is 0.0938. The van der Waals surface area contributed by atoms with Crippen LogP contribution in [-0.4, -0.2) is 37.9 Å². The molecule has 0 bridgehead atoms. The summed E-state index contributed by atoms with van der Waals surface area (Å²) in [5.74, 6) is 0.855. The van der Waals surface area contributed by atoms with Crippen LogP contribution in [0, 0.1) is 0 Å². The van der Waals surface area contributed by atoms with Gasteiger partial charge in [-0.15, -0.1) is 0 Å². The molecule has 2 N–H and O–H groups in total. The second-order valence-electron chi connectivity index (χ2n) is 4.17. The first-order chi connectivity index (χ1) is 9.12. The zero-order chi connectivity index (χ0) is 14.3. The Labute approximate surface area is 113 Å². The van der Waals surface area contributed by atoms with Gasteiger partial charge in [0, 0.05) is 6.54 Å². The van der Waals surface area contributed by atoms with Crippen molar-refractivity contribution in [2.75, 3.05) is 20.8 Å². The number of ether oxygens (including phenoxy) is 2. The summed E-state index contributed by atoms with van der Waals surface area (Å²) in [5, 5.41) is 12.2. The number of amides is 1. The number of rotatable bonds is 7. The number of carbonyl (C=O) groups is 1. The van der Waals surface area contributed by atoms with E-state index in [0.29, 0.717) is 36.4 Å². The Morgan fingerprint density at radius 3 is 2.68 bits per heavy atom. The van der Waals surface area contributed by atoms with E-state index in [9.17, 15) is 9.90 Å². The van der Waals surface area contributed by atoms with Crippen molar-refractivity contribution in [1.29, 1.82) is 0 Å². The highest BCUT2D eigenvalue weighted by Crippen LogP contribution is 2.23. The predicted octanol–water partition coefficient (Wildman–Crippen LogP) is 1.59. The van der Waals surface area contributed by atoms with E-state index in [1.165, 1.54) is 7.11 Å². The number of aliphatic hydroxyl groups excluding tert-OH is 1. The molecule has 1 aromatic rings. The van der Waals surface area contributed by atoms with Crippen molar-refractivity contribution in [1.82, 2.24) is 5.32 Å². The second-order valence-corrected chi connectivity index (χ2v) is 4.17. The molecule has 5 nitrogen and oxygen atoms in total. The molecule has 1 atom stereocenters. The molecule has 1 rings (SSSR count). The minimum absolute atomic E-state index is 0.237. The highest BCUT2D eigenvalue weighted by Gasteiger charge is 2.13. The Balaban J connectivity index is 2.69. The van der Waals surface area contributed by atoms with Crippen molar-refractivity contribution in [3.05, 3.63) is 23.8 Å². The summed E-state index contributed by atoms with van der Waals surface area (Å²) in [6.45, 7) is 2.33. The largest absolute Gasteiger partial charge is 0.497 e. The predicted molar refractivity (Wildman–Crippen MR) is 72.8 cm³/mol. The molecule has 0 fully saturated rings. The van der Waals surface area contributed by atoms with Gasteiger partial charge in [0.15, 0.2) is 0 Å². The number of benzene rings is 1. The standard InChI is InChI=1S/C14H21NO4/c1-4-10(16)7-8-15-14(17)12-9-11(18-2)5-6-13(12)19-3/h5-6,9-10,16H,4,7-8H2,1-3H3,(H,15,17). The lowest BCUT2D eigenvalue weighted by Crippen LogP contribution is -2.27. The first-order valence-corrected chi connectivity index (χ1v) is 6.30. The highest BCUT2D eigenvalue weighted by molar-refractivity contribution is 5.97. The Morgan fingerprint density at radius 1 is 1.37 bits per heavy atom. The summed E-state index contributed by atoms with van der Waals surface area (Å²) in [6, 6.07) is 5.05. The molecule has 0 saturated carbocycles. The molecule has 1 unspecified atom stereocenters. The molecule has 106 valence electrons. The zero-order valence-electron chi connectivity index (χ0n) is 11.6. The summed E-state index contributed by atoms with van der Waals surface area (Å²) in [5.41, 5.74) is 0.424. The molecule has 0 aliphatic rings. The number of carbonyl (C=O) groups excluding carboxylic acids is 1. The summed E-state index contributed by atoms with van der Waals surface area (Å²) >= 11 is 0. The molecule has 0 heterocycles. The van der Waals surface area contributed by atoms with Gasteiger partial charge >= 0.3 is 0 Å². The summed E-state index contributed by atoms with van der Waals surface area (Å²) in [7, 11) is 3.06. The van der Waals surface area contributed by atoms with Crippen molar-refractivity contribution in [2.45, 2.75) is 25.9 Å². The summed E-state index contributed by atoms with van der Waals surface area (Å²) in [6.07, 6.45) is 0.833. The first-order valence-electron chi connectivity index (χ1n) is 6.30. The van der Waals surface area contributed by atoms with Crippen LogP contribution in [0.4, 0.5) is 0 Å².